The summed E-state index contributed by atoms with van der Waals surface area (Å²) in [6.45, 7) is 2.79. The first kappa shape index (κ1) is 15.8. The Hall–Kier alpha value is -2.62. The van der Waals surface area contributed by atoms with Gasteiger partial charge in [-0.05, 0) is 37.1 Å². The third kappa shape index (κ3) is 5.79. The highest BCUT2D eigenvalue weighted by Crippen LogP contribution is 2.02. The monoisotopic (exact) mass is 296 g/mol. The van der Waals surface area contributed by atoms with Crippen LogP contribution in [-0.2, 0) is 11.3 Å². The van der Waals surface area contributed by atoms with Crippen molar-refractivity contribution >= 4 is 12.2 Å². The molecule has 0 aliphatic rings. The number of pyridine rings is 1. The summed E-state index contributed by atoms with van der Waals surface area (Å²) in [5.74, 6) is 0. The largest absolute Gasteiger partial charge is 0.445 e. The molecule has 0 aliphatic carbocycles. The Kier molecular flexibility index (Phi) is 6.18. The van der Waals surface area contributed by atoms with Gasteiger partial charge in [0, 0.05) is 12.2 Å². The molecule has 0 saturated heterocycles. The van der Waals surface area contributed by atoms with Crippen LogP contribution in [0.15, 0.2) is 54.6 Å². The van der Waals surface area contributed by atoms with E-state index in [9.17, 15) is 4.79 Å². The van der Waals surface area contributed by atoms with Gasteiger partial charge in [0.15, 0.2) is 0 Å². The Morgan fingerprint density at radius 2 is 2.00 bits per heavy atom. The molecule has 4 heteroatoms. The highest BCUT2D eigenvalue weighted by molar-refractivity contribution is 5.67. The zero-order chi connectivity index (χ0) is 15.6. The van der Waals surface area contributed by atoms with Crippen LogP contribution in [-0.4, -0.2) is 17.6 Å². The molecule has 2 aromatic rings. The van der Waals surface area contributed by atoms with E-state index < -0.39 is 6.09 Å². The molecule has 1 amide bonds. The van der Waals surface area contributed by atoms with Crippen molar-refractivity contribution in [2.45, 2.75) is 20.0 Å². The summed E-state index contributed by atoms with van der Waals surface area (Å²) in [6.07, 6.45) is 4.27. The lowest BCUT2D eigenvalue weighted by Gasteiger charge is -2.05. The topological polar surface area (TPSA) is 51.2 Å². The number of aromatic nitrogens is 1. The van der Waals surface area contributed by atoms with Gasteiger partial charge in [-0.3, -0.25) is 4.98 Å². The quantitative estimate of drug-likeness (QED) is 0.827. The second-order valence-corrected chi connectivity index (χ2v) is 4.88. The second kappa shape index (κ2) is 8.62. The van der Waals surface area contributed by atoms with Crippen molar-refractivity contribution in [2.24, 2.45) is 0 Å². The molecule has 1 heterocycles. The number of alkyl carbamates (subject to hydrolysis) is 1. The maximum atomic E-state index is 11.5. The van der Waals surface area contributed by atoms with Gasteiger partial charge in [0.05, 0.1) is 5.69 Å². The number of carbonyl (C=O) groups excluding carboxylic acids is 1. The number of ether oxygens (including phenoxy) is 1. The molecular weight excluding hydrogens is 276 g/mol. The van der Waals surface area contributed by atoms with E-state index in [4.69, 9.17) is 4.74 Å². The molecule has 0 aliphatic heterocycles. The summed E-state index contributed by atoms with van der Waals surface area (Å²) in [5, 5.41) is 2.72. The van der Waals surface area contributed by atoms with Crippen molar-refractivity contribution in [1.82, 2.24) is 10.3 Å². The summed E-state index contributed by atoms with van der Waals surface area (Å²) in [4.78, 5) is 15.9. The van der Waals surface area contributed by atoms with E-state index in [0.717, 1.165) is 23.4 Å². The molecule has 0 atom stereocenters. The predicted octanol–water partition coefficient (Wildman–Crippen LogP) is 3.72. The lowest BCUT2D eigenvalue weighted by molar-refractivity contribution is 0.140. The van der Waals surface area contributed by atoms with Gasteiger partial charge in [0.1, 0.15) is 6.61 Å². The van der Waals surface area contributed by atoms with E-state index in [1.807, 2.05) is 67.6 Å². The van der Waals surface area contributed by atoms with Gasteiger partial charge in [-0.15, -0.1) is 0 Å². The normalized spacial score (nSPS) is 10.6. The maximum Gasteiger partial charge on any atom is 0.407 e. The van der Waals surface area contributed by atoms with Crippen LogP contribution < -0.4 is 5.32 Å². The van der Waals surface area contributed by atoms with Crippen LogP contribution in [0.5, 0.6) is 0 Å². The summed E-state index contributed by atoms with van der Waals surface area (Å²) in [5.41, 5.74) is 2.89. The third-order valence-electron chi connectivity index (χ3n) is 2.99. The van der Waals surface area contributed by atoms with Gasteiger partial charge in [0.2, 0.25) is 0 Å². The Morgan fingerprint density at radius 3 is 2.77 bits per heavy atom. The minimum Gasteiger partial charge on any atom is -0.445 e. The zero-order valence-electron chi connectivity index (χ0n) is 12.7. The van der Waals surface area contributed by atoms with Crippen LogP contribution >= 0.6 is 0 Å². The van der Waals surface area contributed by atoms with Gasteiger partial charge in [-0.25, -0.2) is 4.79 Å². The summed E-state index contributed by atoms with van der Waals surface area (Å²) in [7, 11) is 0. The van der Waals surface area contributed by atoms with Crippen LogP contribution in [0.1, 0.15) is 23.4 Å². The van der Waals surface area contributed by atoms with Gasteiger partial charge in [-0.2, -0.15) is 0 Å². The lowest BCUT2D eigenvalue weighted by atomic mass is 10.2. The number of aryl methyl sites for hydroxylation is 1. The zero-order valence-corrected chi connectivity index (χ0v) is 12.7. The SMILES string of the molecule is Cc1cccc(C=CCCNC(=O)OCc2ccccc2)n1. The van der Waals surface area contributed by atoms with Crippen molar-refractivity contribution in [3.8, 4) is 0 Å². The molecule has 2 rings (SSSR count). The van der Waals surface area contributed by atoms with Crippen LogP contribution in [0.4, 0.5) is 4.79 Å². The number of rotatable bonds is 6. The number of carbonyl (C=O) groups is 1. The van der Waals surface area contributed by atoms with Crippen molar-refractivity contribution < 1.29 is 9.53 Å². The number of nitrogens with zero attached hydrogens (tertiary/aromatic N) is 1. The lowest BCUT2D eigenvalue weighted by Crippen LogP contribution is -2.24. The third-order valence-corrected chi connectivity index (χ3v) is 2.99. The van der Waals surface area contributed by atoms with Gasteiger partial charge in [-0.1, -0.05) is 42.5 Å². The molecule has 0 radical (unpaired) electrons. The molecule has 1 N–H and O–H groups in total. The number of amides is 1. The van der Waals surface area contributed by atoms with Gasteiger partial charge in [0.25, 0.3) is 0 Å². The van der Waals surface area contributed by atoms with Crippen LogP contribution in [0, 0.1) is 6.92 Å². The molecule has 22 heavy (non-hydrogen) atoms. The molecule has 1 aromatic carbocycles. The van der Waals surface area contributed by atoms with E-state index in [0.29, 0.717) is 6.54 Å². The average molecular weight is 296 g/mol. The second-order valence-electron chi connectivity index (χ2n) is 4.88. The summed E-state index contributed by atoms with van der Waals surface area (Å²) >= 11 is 0. The van der Waals surface area contributed by atoms with Crippen LogP contribution in [0.3, 0.4) is 0 Å². The van der Waals surface area contributed by atoms with E-state index >= 15 is 0 Å². The first-order chi connectivity index (χ1) is 10.7. The molecule has 0 saturated carbocycles. The van der Waals surface area contributed by atoms with Crippen molar-refractivity contribution in [2.75, 3.05) is 6.54 Å². The summed E-state index contributed by atoms with van der Waals surface area (Å²) in [6, 6.07) is 15.5. The molecule has 0 unspecified atom stereocenters. The standard InChI is InChI=1S/C18H20N2O2/c1-15-8-7-12-17(20-15)11-5-6-13-19-18(21)22-14-16-9-3-2-4-10-16/h2-5,7-12H,6,13-14H2,1H3,(H,19,21). The van der Waals surface area contributed by atoms with Crippen molar-refractivity contribution in [1.29, 1.82) is 0 Å². The number of nitrogens with one attached hydrogen (secondary N) is 1. The summed E-state index contributed by atoms with van der Waals surface area (Å²) < 4.78 is 5.12. The van der Waals surface area contributed by atoms with Crippen molar-refractivity contribution in [3.63, 3.8) is 0 Å². The Balaban J connectivity index is 1.63. The maximum absolute atomic E-state index is 11.5. The fraction of sp³-hybridized carbons (Fsp3) is 0.222. The molecule has 0 spiro atoms. The highest BCUT2D eigenvalue weighted by Gasteiger charge is 2.00. The highest BCUT2D eigenvalue weighted by atomic mass is 16.5. The minimum absolute atomic E-state index is 0.287. The molecule has 0 fully saturated rings. The van der Waals surface area contributed by atoms with Gasteiger partial charge < -0.3 is 10.1 Å². The Morgan fingerprint density at radius 1 is 1.18 bits per heavy atom. The predicted molar refractivity (Wildman–Crippen MR) is 87.3 cm³/mol. The fourth-order valence-electron chi connectivity index (χ4n) is 1.89. The number of hydrogen-bond acceptors (Lipinski definition) is 3. The number of hydrogen-bond donors (Lipinski definition) is 1. The minimum atomic E-state index is -0.397. The molecule has 1 aromatic heterocycles. The van der Waals surface area contributed by atoms with Crippen LogP contribution in [0.2, 0.25) is 0 Å². The molecule has 114 valence electrons. The Labute approximate surface area is 130 Å². The molecule has 4 nitrogen and oxygen atoms in total. The van der Waals surface area contributed by atoms with E-state index in [1.54, 1.807) is 0 Å². The van der Waals surface area contributed by atoms with Crippen LogP contribution in [0.25, 0.3) is 6.08 Å². The molecule has 0 bridgehead atoms. The first-order valence-corrected chi connectivity index (χ1v) is 7.29. The van der Waals surface area contributed by atoms with E-state index in [1.165, 1.54) is 0 Å². The average Bonchev–Trinajstić information content (AvgIpc) is 2.54. The van der Waals surface area contributed by atoms with E-state index in [2.05, 4.69) is 10.3 Å². The fourth-order valence-corrected chi connectivity index (χ4v) is 1.89. The van der Waals surface area contributed by atoms with Gasteiger partial charge >= 0.3 is 6.09 Å². The van der Waals surface area contributed by atoms with E-state index in [-0.39, 0.29) is 6.61 Å². The smallest absolute Gasteiger partial charge is 0.407 e. The first-order valence-electron chi connectivity index (χ1n) is 7.29. The van der Waals surface area contributed by atoms with Crippen molar-refractivity contribution in [3.05, 3.63) is 71.6 Å². The number of benzene rings is 1. The Bertz CT molecular complexity index is 624. The molecular formula is C18H20N2O2.